The van der Waals surface area contributed by atoms with Crippen molar-refractivity contribution in [3.8, 4) is 11.5 Å². The van der Waals surface area contributed by atoms with E-state index >= 15 is 0 Å². The minimum atomic E-state index is -3.62. The number of esters is 1. The summed E-state index contributed by atoms with van der Waals surface area (Å²) < 4.78 is 35.3. The first-order chi connectivity index (χ1) is 17.1. The average molecular weight is 527 g/mol. The van der Waals surface area contributed by atoms with Crippen molar-refractivity contribution in [2.24, 2.45) is 10.1 Å². The number of ether oxygens (including phenoxy) is 2. The van der Waals surface area contributed by atoms with Gasteiger partial charge in [-0.15, -0.1) is 5.10 Å². The van der Waals surface area contributed by atoms with E-state index in [0.29, 0.717) is 17.7 Å². The van der Waals surface area contributed by atoms with E-state index in [2.05, 4.69) is 10.1 Å². The van der Waals surface area contributed by atoms with Gasteiger partial charge in [0.25, 0.3) is 5.91 Å². The lowest BCUT2D eigenvalue weighted by atomic mass is 10.1. The second kappa shape index (κ2) is 10.1. The predicted molar refractivity (Wildman–Crippen MR) is 138 cm³/mol. The molecule has 36 heavy (non-hydrogen) atoms. The highest BCUT2D eigenvalue weighted by atomic mass is 32.3. The minimum Gasteiger partial charge on any atom is -0.490 e. The van der Waals surface area contributed by atoms with Crippen molar-refractivity contribution in [1.29, 1.82) is 5.41 Å². The van der Waals surface area contributed by atoms with Crippen LogP contribution in [0.25, 0.3) is 6.08 Å². The molecule has 0 fully saturated rings. The minimum absolute atomic E-state index is 0.0162. The van der Waals surface area contributed by atoms with Crippen LogP contribution in [0, 0.1) is 12.3 Å². The summed E-state index contributed by atoms with van der Waals surface area (Å²) in [4.78, 5) is 29.1. The first-order valence-electron chi connectivity index (χ1n) is 10.9. The summed E-state index contributed by atoms with van der Waals surface area (Å²) in [6, 6.07) is 11.7. The van der Waals surface area contributed by atoms with Gasteiger partial charge < -0.3 is 9.47 Å². The van der Waals surface area contributed by atoms with Crippen LogP contribution >= 0.6 is 11.8 Å². The van der Waals surface area contributed by atoms with Gasteiger partial charge in [-0.3, -0.25) is 10.2 Å². The van der Waals surface area contributed by atoms with Crippen LogP contribution in [0.5, 0.6) is 11.5 Å². The van der Waals surface area contributed by atoms with E-state index in [1.807, 2.05) is 19.1 Å². The number of hydrazone groups is 1. The standard InChI is InChI=1S/C24H22N4O6S2/c1-4-33-19-13-15(8-11-18(19)34-22(30)16-9-6-14(3)7-10-16)12-17-20(25)28-23(26-21(17)29)35-24(27-28)36(31,32)5-2/h6-13,25H,4-5H2,1-3H3/b17-12+,25-20?. The summed E-state index contributed by atoms with van der Waals surface area (Å²) in [5.41, 5.74) is 1.81. The Bertz CT molecular complexity index is 1460. The van der Waals surface area contributed by atoms with Gasteiger partial charge in [-0.1, -0.05) is 30.7 Å². The number of fused-ring (bicyclic) bond motifs is 1. The van der Waals surface area contributed by atoms with Gasteiger partial charge in [0, 0.05) is 0 Å². The van der Waals surface area contributed by atoms with Crippen LogP contribution in [-0.4, -0.2) is 53.0 Å². The molecule has 2 aliphatic rings. The molecule has 0 atom stereocenters. The lowest BCUT2D eigenvalue weighted by Crippen LogP contribution is -2.35. The number of hydrogen-bond donors (Lipinski definition) is 1. The number of benzene rings is 2. The van der Waals surface area contributed by atoms with Crippen LogP contribution in [-0.2, 0) is 14.6 Å². The molecule has 0 saturated heterocycles. The number of nitrogens with one attached hydrogen (secondary N) is 1. The summed E-state index contributed by atoms with van der Waals surface area (Å²) in [5.74, 6) is -1.23. The second-order valence-corrected chi connectivity index (χ2v) is 11.1. The summed E-state index contributed by atoms with van der Waals surface area (Å²) in [6.45, 7) is 5.47. The van der Waals surface area contributed by atoms with Crippen molar-refractivity contribution >= 4 is 54.9 Å². The van der Waals surface area contributed by atoms with E-state index < -0.39 is 21.7 Å². The van der Waals surface area contributed by atoms with Crippen molar-refractivity contribution < 1.29 is 27.5 Å². The zero-order valence-electron chi connectivity index (χ0n) is 19.6. The zero-order valence-corrected chi connectivity index (χ0v) is 21.3. The van der Waals surface area contributed by atoms with Crippen molar-refractivity contribution in [3.05, 3.63) is 64.7 Å². The lowest BCUT2D eigenvalue weighted by Gasteiger charge is -2.20. The number of aryl methyl sites for hydroxylation is 1. The highest BCUT2D eigenvalue weighted by Crippen LogP contribution is 2.33. The molecule has 12 heteroatoms. The van der Waals surface area contributed by atoms with Gasteiger partial charge in [-0.05, 0) is 61.5 Å². The number of amides is 1. The van der Waals surface area contributed by atoms with Crippen molar-refractivity contribution in [1.82, 2.24) is 5.01 Å². The fourth-order valence-corrected chi connectivity index (χ4v) is 5.37. The van der Waals surface area contributed by atoms with Crippen LogP contribution in [0.2, 0.25) is 0 Å². The number of carbonyl (C=O) groups is 2. The maximum absolute atomic E-state index is 12.6. The van der Waals surface area contributed by atoms with Gasteiger partial charge in [0.15, 0.2) is 17.3 Å². The number of amidine groups is 2. The van der Waals surface area contributed by atoms with E-state index in [4.69, 9.17) is 14.9 Å². The maximum Gasteiger partial charge on any atom is 0.343 e. The first-order valence-corrected chi connectivity index (χ1v) is 13.4. The van der Waals surface area contributed by atoms with Crippen LogP contribution < -0.4 is 9.47 Å². The molecule has 0 bridgehead atoms. The van der Waals surface area contributed by atoms with Crippen LogP contribution in [0.1, 0.15) is 35.3 Å². The largest absolute Gasteiger partial charge is 0.490 e. The van der Waals surface area contributed by atoms with Gasteiger partial charge >= 0.3 is 5.97 Å². The Morgan fingerprint density at radius 3 is 2.53 bits per heavy atom. The third-order valence-corrected chi connectivity index (χ3v) is 8.24. The van der Waals surface area contributed by atoms with Crippen LogP contribution in [0.4, 0.5) is 0 Å². The van der Waals surface area contributed by atoms with Gasteiger partial charge in [0.05, 0.1) is 23.5 Å². The fourth-order valence-electron chi connectivity index (χ4n) is 3.21. The molecule has 186 valence electrons. The number of thioether (sulfide) groups is 1. The Kier molecular flexibility index (Phi) is 7.09. The molecule has 1 amide bonds. The quantitative estimate of drug-likeness (QED) is 0.342. The first kappa shape index (κ1) is 25.3. The zero-order chi connectivity index (χ0) is 26.0. The molecular formula is C24H22N4O6S2. The van der Waals surface area contributed by atoms with E-state index in [1.165, 1.54) is 19.1 Å². The summed E-state index contributed by atoms with van der Waals surface area (Å²) in [5, 5.41) is 13.5. The summed E-state index contributed by atoms with van der Waals surface area (Å²) in [6.07, 6.45) is 1.42. The van der Waals surface area contributed by atoms with Gasteiger partial charge in [-0.2, -0.15) is 10.0 Å². The highest BCUT2D eigenvalue weighted by Gasteiger charge is 2.39. The van der Waals surface area contributed by atoms with Crippen molar-refractivity contribution in [2.75, 3.05) is 12.4 Å². The Morgan fingerprint density at radius 2 is 1.86 bits per heavy atom. The number of nitrogens with zero attached hydrogens (tertiary/aromatic N) is 3. The third-order valence-electron chi connectivity index (χ3n) is 5.15. The molecule has 0 unspecified atom stereocenters. The smallest absolute Gasteiger partial charge is 0.343 e. The van der Waals surface area contributed by atoms with Gasteiger partial charge in [0.2, 0.25) is 19.4 Å². The number of aliphatic imine (C=N–C) groups is 1. The molecule has 0 aromatic heterocycles. The van der Waals surface area contributed by atoms with E-state index in [1.54, 1.807) is 31.2 Å². The lowest BCUT2D eigenvalue weighted by molar-refractivity contribution is -0.114. The molecule has 2 heterocycles. The molecule has 2 aromatic rings. The number of carbonyl (C=O) groups excluding carboxylic acids is 2. The van der Waals surface area contributed by atoms with Crippen LogP contribution in [0.3, 0.4) is 0 Å². The molecule has 0 saturated carbocycles. The highest BCUT2D eigenvalue weighted by molar-refractivity contribution is 8.42. The van der Waals surface area contributed by atoms with Crippen molar-refractivity contribution in [3.63, 3.8) is 0 Å². The second-order valence-electron chi connectivity index (χ2n) is 7.68. The van der Waals surface area contributed by atoms with Gasteiger partial charge in [0.1, 0.15) is 0 Å². The molecule has 2 aliphatic heterocycles. The topological polar surface area (TPSA) is 139 Å². The third kappa shape index (κ3) is 5.09. The Labute approximate surface area is 212 Å². The SMILES string of the molecule is CCOc1cc(/C=C2\C(=N)N3N=C(S(=O)(=O)CC)SC3=NC2=O)ccc1OC(=O)c1ccc(C)cc1. The Hall–Kier alpha value is -3.77. The Balaban J connectivity index is 1.62. The molecule has 2 aromatic carbocycles. The van der Waals surface area contributed by atoms with E-state index in [0.717, 1.165) is 22.3 Å². The number of rotatable bonds is 6. The maximum atomic E-state index is 12.6. The number of sulfone groups is 1. The normalized spacial score (nSPS) is 16.5. The van der Waals surface area contributed by atoms with E-state index in [-0.39, 0.29) is 38.2 Å². The average Bonchev–Trinajstić information content (AvgIpc) is 3.29. The molecule has 0 aliphatic carbocycles. The van der Waals surface area contributed by atoms with Gasteiger partial charge in [-0.25, -0.2) is 13.2 Å². The summed E-state index contributed by atoms with van der Waals surface area (Å²) >= 11 is 0.738. The van der Waals surface area contributed by atoms with E-state index in [9.17, 15) is 18.0 Å². The Morgan fingerprint density at radius 1 is 1.14 bits per heavy atom. The number of hydrogen-bond acceptors (Lipinski definition) is 9. The fraction of sp³-hybridized carbons (Fsp3) is 0.208. The molecule has 0 spiro atoms. The molecular weight excluding hydrogens is 504 g/mol. The molecule has 1 N–H and O–H groups in total. The summed E-state index contributed by atoms with van der Waals surface area (Å²) in [7, 11) is -3.62. The van der Waals surface area contributed by atoms with Crippen molar-refractivity contribution in [2.45, 2.75) is 20.8 Å². The molecule has 0 radical (unpaired) electrons. The molecule has 10 nitrogen and oxygen atoms in total. The molecule has 4 rings (SSSR count). The monoisotopic (exact) mass is 526 g/mol. The predicted octanol–water partition coefficient (Wildman–Crippen LogP) is 3.62. The van der Waals surface area contributed by atoms with Crippen LogP contribution in [0.15, 0.2) is 58.1 Å².